The van der Waals surface area contributed by atoms with Gasteiger partial charge < -0.3 is 14.9 Å². The first kappa shape index (κ1) is 10.1. The van der Waals surface area contributed by atoms with E-state index in [0.29, 0.717) is 13.0 Å². The predicted octanol–water partition coefficient (Wildman–Crippen LogP) is -0.226. The van der Waals surface area contributed by atoms with Gasteiger partial charge in [0.15, 0.2) is 0 Å². The van der Waals surface area contributed by atoms with Crippen LogP contribution < -0.4 is 0 Å². The summed E-state index contributed by atoms with van der Waals surface area (Å²) in [7, 11) is 0. The minimum absolute atomic E-state index is 0.174. The zero-order chi connectivity index (χ0) is 11.0. The molecule has 15 heavy (non-hydrogen) atoms. The summed E-state index contributed by atoms with van der Waals surface area (Å²) in [4.78, 5) is 25.6. The van der Waals surface area contributed by atoms with Crippen molar-refractivity contribution in [3.05, 3.63) is 0 Å². The average Bonchev–Trinajstić information content (AvgIpc) is 2.61. The average molecular weight is 213 g/mol. The molecule has 82 valence electrons. The molecule has 1 fully saturated rings. The number of hydrogen-bond donors (Lipinski definition) is 2. The Morgan fingerprint density at radius 2 is 2.13 bits per heavy atom. The van der Waals surface area contributed by atoms with E-state index >= 15 is 0 Å². The molecule has 3 unspecified atom stereocenters. The van der Waals surface area contributed by atoms with Crippen molar-refractivity contribution in [3.8, 4) is 0 Å². The lowest BCUT2D eigenvalue weighted by molar-refractivity contribution is -0.142. The minimum Gasteiger partial charge on any atom is -0.481 e. The molecule has 0 amide bonds. The molecule has 0 aromatic heterocycles. The summed E-state index contributed by atoms with van der Waals surface area (Å²) < 4.78 is 5.30. The molecule has 2 aliphatic rings. The molecule has 0 aromatic carbocycles. The predicted molar refractivity (Wildman–Crippen MR) is 49.0 cm³/mol. The second-order valence-corrected chi connectivity index (χ2v) is 3.71. The van der Waals surface area contributed by atoms with Gasteiger partial charge in [0, 0.05) is 6.61 Å². The Morgan fingerprint density at radius 1 is 1.40 bits per heavy atom. The molecular formula is C9H11NO5. The topological polar surface area (TPSA) is 96.2 Å². The number of aliphatic imine (C=N–C) groups is 1. The third-order valence-electron chi connectivity index (χ3n) is 2.79. The second-order valence-electron chi connectivity index (χ2n) is 3.71. The van der Waals surface area contributed by atoms with Gasteiger partial charge in [0.05, 0.1) is 12.1 Å². The van der Waals surface area contributed by atoms with E-state index in [1.165, 1.54) is 0 Å². The Balaban J connectivity index is 2.29. The van der Waals surface area contributed by atoms with Crippen molar-refractivity contribution in [2.75, 3.05) is 6.61 Å². The molecule has 2 rings (SSSR count). The standard InChI is InChI=1S/C9H11NO5/c11-8(12)4-3-6-5(1-2-15-6)10-7(4)9(13)14/h4-6H,1-3H2,(H,11,12)(H,13,14). The van der Waals surface area contributed by atoms with Crippen molar-refractivity contribution in [2.45, 2.75) is 25.0 Å². The highest BCUT2D eigenvalue weighted by Crippen LogP contribution is 2.29. The summed E-state index contributed by atoms with van der Waals surface area (Å²) in [6.45, 7) is 0.526. The van der Waals surface area contributed by atoms with Crippen LogP contribution in [0.2, 0.25) is 0 Å². The summed E-state index contributed by atoms with van der Waals surface area (Å²) >= 11 is 0. The van der Waals surface area contributed by atoms with Crippen molar-refractivity contribution in [1.82, 2.24) is 0 Å². The maximum absolute atomic E-state index is 10.9. The molecule has 6 heteroatoms. The van der Waals surface area contributed by atoms with Crippen molar-refractivity contribution in [3.63, 3.8) is 0 Å². The van der Waals surface area contributed by atoms with Crippen molar-refractivity contribution in [1.29, 1.82) is 0 Å². The van der Waals surface area contributed by atoms with Crippen LogP contribution in [0.25, 0.3) is 0 Å². The van der Waals surface area contributed by atoms with E-state index < -0.39 is 17.9 Å². The number of hydrogen-bond acceptors (Lipinski definition) is 4. The molecule has 2 aliphatic heterocycles. The first-order chi connectivity index (χ1) is 7.09. The number of ether oxygens (including phenoxy) is 1. The maximum atomic E-state index is 10.9. The van der Waals surface area contributed by atoms with Crippen molar-refractivity contribution in [2.24, 2.45) is 10.9 Å². The largest absolute Gasteiger partial charge is 0.481 e. The van der Waals surface area contributed by atoms with Crippen LogP contribution in [0, 0.1) is 5.92 Å². The maximum Gasteiger partial charge on any atom is 0.350 e. The summed E-state index contributed by atoms with van der Waals surface area (Å²) in [5.74, 6) is -3.43. The summed E-state index contributed by atoms with van der Waals surface area (Å²) in [5, 5.41) is 17.7. The van der Waals surface area contributed by atoms with Gasteiger partial charge in [-0.2, -0.15) is 0 Å². The molecular weight excluding hydrogens is 202 g/mol. The van der Waals surface area contributed by atoms with E-state index in [2.05, 4.69) is 4.99 Å². The monoisotopic (exact) mass is 213 g/mol. The van der Waals surface area contributed by atoms with Gasteiger partial charge in [0.25, 0.3) is 0 Å². The highest BCUT2D eigenvalue weighted by Gasteiger charge is 2.42. The Kier molecular flexibility index (Phi) is 2.44. The van der Waals surface area contributed by atoms with E-state index in [4.69, 9.17) is 14.9 Å². The first-order valence-corrected chi connectivity index (χ1v) is 4.75. The fourth-order valence-corrected chi connectivity index (χ4v) is 2.04. The summed E-state index contributed by atoms with van der Waals surface area (Å²) in [6.07, 6.45) is 0.660. The van der Waals surface area contributed by atoms with Crippen LogP contribution in [0.15, 0.2) is 4.99 Å². The minimum atomic E-state index is -1.24. The summed E-state index contributed by atoms with van der Waals surface area (Å²) in [5.41, 5.74) is -0.241. The SMILES string of the molecule is O=C(O)C1=NC2CCOC2CC1C(=O)O. The summed E-state index contributed by atoms with van der Waals surface area (Å²) in [6, 6.07) is -0.174. The van der Waals surface area contributed by atoms with Crippen LogP contribution in [0.3, 0.4) is 0 Å². The molecule has 2 N–H and O–H groups in total. The smallest absolute Gasteiger partial charge is 0.350 e. The van der Waals surface area contributed by atoms with Gasteiger partial charge in [-0.3, -0.25) is 9.79 Å². The van der Waals surface area contributed by atoms with Gasteiger partial charge in [-0.05, 0) is 12.8 Å². The molecule has 6 nitrogen and oxygen atoms in total. The van der Waals surface area contributed by atoms with Crippen LogP contribution in [-0.4, -0.2) is 46.6 Å². The Morgan fingerprint density at radius 3 is 2.73 bits per heavy atom. The fraction of sp³-hybridized carbons (Fsp3) is 0.667. The number of carbonyl (C=O) groups is 2. The van der Waals surface area contributed by atoms with Gasteiger partial charge in [0.2, 0.25) is 0 Å². The van der Waals surface area contributed by atoms with Crippen LogP contribution in [-0.2, 0) is 14.3 Å². The van der Waals surface area contributed by atoms with Gasteiger partial charge in [-0.15, -0.1) is 0 Å². The Hall–Kier alpha value is -1.43. The number of carboxylic acids is 2. The van der Waals surface area contributed by atoms with Crippen LogP contribution in [0.5, 0.6) is 0 Å². The lowest BCUT2D eigenvalue weighted by Crippen LogP contribution is -2.41. The van der Waals surface area contributed by atoms with E-state index in [1.807, 2.05) is 0 Å². The van der Waals surface area contributed by atoms with Crippen LogP contribution in [0.1, 0.15) is 12.8 Å². The van der Waals surface area contributed by atoms with Gasteiger partial charge in [-0.1, -0.05) is 0 Å². The molecule has 0 saturated carbocycles. The quantitative estimate of drug-likeness (QED) is 0.660. The molecule has 1 saturated heterocycles. The van der Waals surface area contributed by atoms with Gasteiger partial charge in [0.1, 0.15) is 11.6 Å². The molecule has 3 atom stereocenters. The van der Waals surface area contributed by atoms with Crippen LogP contribution in [0.4, 0.5) is 0 Å². The molecule has 0 bridgehead atoms. The zero-order valence-corrected chi connectivity index (χ0v) is 7.92. The number of rotatable bonds is 2. The number of carboxylic acid groups (broad SMARTS) is 2. The van der Waals surface area contributed by atoms with Crippen molar-refractivity contribution >= 4 is 17.7 Å². The number of nitrogens with zero attached hydrogens (tertiary/aromatic N) is 1. The van der Waals surface area contributed by atoms with Gasteiger partial charge >= 0.3 is 11.9 Å². The number of fused-ring (bicyclic) bond motifs is 1. The normalized spacial score (nSPS) is 34.4. The fourth-order valence-electron chi connectivity index (χ4n) is 2.04. The van der Waals surface area contributed by atoms with Crippen molar-refractivity contribution < 1.29 is 24.5 Å². The van der Waals surface area contributed by atoms with E-state index in [9.17, 15) is 9.59 Å². The zero-order valence-electron chi connectivity index (χ0n) is 7.92. The van der Waals surface area contributed by atoms with E-state index in [1.54, 1.807) is 0 Å². The lowest BCUT2D eigenvalue weighted by atomic mass is 9.89. The molecule has 0 spiro atoms. The second kappa shape index (κ2) is 3.62. The molecule has 2 heterocycles. The van der Waals surface area contributed by atoms with E-state index in [-0.39, 0.29) is 24.3 Å². The molecule has 0 aromatic rings. The molecule has 0 aliphatic carbocycles. The first-order valence-electron chi connectivity index (χ1n) is 4.75. The third kappa shape index (κ3) is 1.72. The van der Waals surface area contributed by atoms with Crippen LogP contribution >= 0.6 is 0 Å². The number of aliphatic carboxylic acids is 2. The van der Waals surface area contributed by atoms with Gasteiger partial charge in [-0.25, -0.2) is 4.79 Å². The lowest BCUT2D eigenvalue weighted by Gasteiger charge is -2.25. The Labute approximate surface area is 85.6 Å². The third-order valence-corrected chi connectivity index (χ3v) is 2.79. The molecule has 0 radical (unpaired) electrons. The highest BCUT2D eigenvalue weighted by molar-refractivity contribution is 6.40. The van der Waals surface area contributed by atoms with E-state index in [0.717, 1.165) is 0 Å². The highest BCUT2D eigenvalue weighted by atomic mass is 16.5. The Bertz CT molecular complexity index is 337.